The van der Waals surface area contributed by atoms with Gasteiger partial charge in [0.05, 0.1) is 11.4 Å². The van der Waals surface area contributed by atoms with Gasteiger partial charge < -0.3 is 15.4 Å². The summed E-state index contributed by atoms with van der Waals surface area (Å²) in [4.78, 5) is 35.6. The molecule has 0 spiro atoms. The van der Waals surface area contributed by atoms with E-state index in [9.17, 15) is 23.2 Å². The number of ether oxygens (including phenoxy) is 1. The molecule has 2 aromatic rings. The summed E-state index contributed by atoms with van der Waals surface area (Å²) in [5.41, 5.74) is 0.401. The number of halogens is 3. The number of nitrogens with one attached hydrogen (secondary N) is 2. The van der Waals surface area contributed by atoms with Crippen LogP contribution in [-0.2, 0) is 19.1 Å². The van der Waals surface area contributed by atoms with Gasteiger partial charge >= 0.3 is 5.97 Å². The molecule has 2 rings (SSSR count). The Morgan fingerprint density at radius 1 is 1.07 bits per heavy atom. The first-order chi connectivity index (χ1) is 13.7. The Balaban J connectivity index is 1.71. The third kappa shape index (κ3) is 7.82. The number of hydrogen-bond acceptors (Lipinski definition) is 5. The van der Waals surface area contributed by atoms with Crippen molar-refractivity contribution in [3.8, 4) is 0 Å². The second-order valence-corrected chi connectivity index (χ2v) is 8.03. The maximum atomic E-state index is 13.7. The van der Waals surface area contributed by atoms with E-state index in [0.29, 0.717) is 10.2 Å². The highest BCUT2D eigenvalue weighted by atomic mass is 79.9. The highest BCUT2D eigenvalue weighted by Gasteiger charge is 2.18. The first-order valence-corrected chi connectivity index (χ1v) is 10.2. The lowest BCUT2D eigenvalue weighted by molar-refractivity contribution is -0.146. The van der Waals surface area contributed by atoms with E-state index < -0.39 is 35.4 Å². The summed E-state index contributed by atoms with van der Waals surface area (Å²) < 4.78 is 31.9. The van der Waals surface area contributed by atoms with Crippen LogP contribution in [0.5, 0.6) is 0 Å². The van der Waals surface area contributed by atoms with Crippen LogP contribution in [-0.4, -0.2) is 35.4 Å². The van der Waals surface area contributed by atoms with Gasteiger partial charge in [0.25, 0.3) is 5.91 Å². The molecule has 6 nitrogen and oxygen atoms in total. The van der Waals surface area contributed by atoms with Crippen molar-refractivity contribution in [1.82, 2.24) is 0 Å². The van der Waals surface area contributed by atoms with Gasteiger partial charge in [-0.3, -0.25) is 14.4 Å². The van der Waals surface area contributed by atoms with Crippen molar-refractivity contribution in [3.63, 3.8) is 0 Å². The number of amides is 2. The SMILES string of the molecule is CC(SCC(=O)Nc1ccc(F)cc1)C(=O)OCC(=O)Nc1ccc(Br)cc1F. The third-order valence-corrected chi connectivity index (χ3v) is 5.09. The van der Waals surface area contributed by atoms with Gasteiger partial charge in [0, 0.05) is 10.2 Å². The molecular weight excluding hydrogens is 470 g/mol. The number of carbonyl (C=O) groups is 3. The molecule has 0 aliphatic heterocycles. The predicted molar refractivity (Wildman–Crippen MR) is 111 cm³/mol. The van der Waals surface area contributed by atoms with E-state index in [1.54, 1.807) is 6.07 Å². The Bertz CT molecular complexity index is 896. The molecule has 0 saturated carbocycles. The fourth-order valence-electron chi connectivity index (χ4n) is 2.03. The van der Waals surface area contributed by atoms with Crippen LogP contribution in [0.4, 0.5) is 20.2 Å². The molecule has 1 unspecified atom stereocenters. The van der Waals surface area contributed by atoms with Crippen LogP contribution in [0.3, 0.4) is 0 Å². The average molecular weight is 487 g/mol. The second kappa shape index (κ2) is 10.9. The van der Waals surface area contributed by atoms with Gasteiger partial charge in [-0.2, -0.15) is 0 Å². The van der Waals surface area contributed by atoms with Gasteiger partial charge in [-0.25, -0.2) is 8.78 Å². The van der Waals surface area contributed by atoms with Crippen LogP contribution < -0.4 is 10.6 Å². The molecule has 2 amide bonds. The molecule has 154 valence electrons. The summed E-state index contributed by atoms with van der Waals surface area (Å²) >= 11 is 4.12. The summed E-state index contributed by atoms with van der Waals surface area (Å²) in [7, 11) is 0. The largest absolute Gasteiger partial charge is 0.455 e. The zero-order chi connectivity index (χ0) is 21.4. The number of benzene rings is 2. The molecule has 1 atom stereocenters. The Morgan fingerprint density at radius 3 is 2.41 bits per heavy atom. The van der Waals surface area contributed by atoms with Gasteiger partial charge in [-0.1, -0.05) is 15.9 Å². The topological polar surface area (TPSA) is 84.5 Å². The molecule has 0 saturated heterocycles. The summed E-state index contributed by atoms with van der Waals surface area (Å²) in [6.45, 7) is 0.950. The van der Waals surface area contributed by atoms with E-state index in [0.717, 1.165) is 11.8 Å². The van der Waals surface area contributed by atoms with Crippen molar-refractivity contribution in [2.45, 2.75) is 12.2 Å². The highest BCUT2D eigenvalue weighted by molar-refractivity contribution is 9.10. The highest BCUT2D eigenvalue weighted by Crippen LogP contribution is 2.19. The lowest BCUT2D eigenvalue weighted by Gasteiger charge is -2.12. The standard InChI is InChI=1S/C19H17BrF2N2O4S/c1-11(29-10-18(26)23-14-5-3-13(21)4-6-14)19(27)28-9-17(25)24-16-7-2-12(20)8-15(16)22/h2-8,11H,9-10H2,1H3,(H,23,26)(H,24,25). The Kier molecular flexibility index (Phi) is 8.59. The first-order valence-electron chi connectivity index (χ1n) is 8.33. The molecule has 10 heteroatoms. The van der Waals surface area contributed by atoms with E-state index in [1.807, 2.05) is 0 Å². The quantitative estimate of drug-likeness (QED) is 0.551. The second-order valence-electron chi connectivity index (χ2n) is 5.79. The van der Waals surface area contributed by atoms with Crippen molar-refractivity contribution in [3.05, 3.63) is 58.6 Å². The molecule has 29 heavy (non-hydrogen) atoms. The lowest BCUT2D eigenvalue weighted by Crippen LogP contribution is -2.26. The number of carbonyl (C=O) groups excluding carboxylic acids is 3. The van der Waals surface area contributed by atoms with Crippen LogP contribution >= 0.6 is 27.7 Å². The van der Waals surface area contributed by atoms with Gasteiger partial charge in [0.15, 0.2) is 6.61 Å². The number of anilines is 2. The molecule has 0 aromatic heterocycles. The summed E-state index contributed by atoms with van der Waals surface area (Å²) in [6.07, 6.45) is 0. The summed E-state index contributed by atoms with van der Waals surface area (Å²) in [5.74, 6) is -2.83. The summed E-state index contributed by atoms with van der Waals surface area (Å²) in [5, 5.41) is 4.17. The van der Waals surface area contributed by atoms with Crippen LogP contribution in [0, 0.1) is 11.6 Å². The van der Waals surface area contributed by atoms with Crippen LogP contribution in [0.15, 0.2) is 46.9 Å². The number of rotatable bonds is 8. The normalized spacial score (nSPS) is 11.4. The van der Waals surface area contributed by atoms with Gasteiger partial charge in [-0.05, 0) is 49.4 Å². The van der Waals surface area contributed by atoms with E-state index in [1.165, 1.54) is 43.3 Å². The van der Waals surface area contributed by atoms with Gasteiger partial charge in [-0.15, -0.1) is 11.8 Å². The van der Waals surface area contributed by atoms with Crippen LogP contribution in [0.1, 0.15) is 6.92 Å². The molecule has 2 N–H and O–H groups in total. The van der Waals surface area contributed by atoms with Crippen LogP contribution in [0.25, 0.3) is 0 Å². The maximum Gasteiger partial charge on any atom is 0.319 e. The van der Waals surface area contributed by atoms with Crippen molar-refractivity contribution < 1.29 is 27.9 Å². The fourth-order valence-corrected chi connectivity index (χ4v) is 3.04. The Morgan fingerprint density at radius 2 is 1.76 bits per heavy atom. The molecule has 2 aromatic carbocycles. The van der Waals surface area contributed by atoms with Crippen molar-refractivity contribution >= 4 is 56.9 Å². The molecule has 0 bridgehead atoms. The van der Waals surface area contributed by atoms with Gasteiger partial charge in [0.1, 0.15) is 16.9 Å². The predicted octanol–water partition coefficient (Wildman–Crippen LogP) is 3.97. The van der Waals surface area contributed by atoms with E-state index in [-0.39, 0.29) is 17.3 Å². The number of thioether (sulfide) groups is 1. The zero-order valence-corrected chi connectivity index (χ0v) is 17.6. The molecule has 0 fully saturated rings. The Hall–Kier alpha value is -2.46. The number of hydrogen-bond donors (Lipinski definition) is 2. The minimum atomic E-state index is -0.703. The average Bonchev–Trinajstić information content (AvgIpc) is 2.68. The lowest BCUT2D eigenvalue weighted by atomic mass is 10.3. The molecular formula is C19H17BrF2N2O4S. The van der Waals surface area contributed by atoms with Crippen LogP contribution in [0.2, 0.25) is 0 Å². The fraction of sp³-hybridized carbons (Fsp3) is 0.211. The first kappa shape index (κ1) is 22.8. The van der Waals surface area contributed by atoms with Crippen molar-refractivity contribution in [2.24, 2.45) is 0 Å². The monoisotopic (exact) mass is 486 g/mol. The Labute approximate surface area is 178 Å². The van der Waals surface area contributed by atoms with E-state index in [2.05, 4.69) is 26.6 Å². The minimum absolute atomic E-state index is 0.0332. The van der Waals surface area contributed by atoms with E-state index in [4.69, 9.17) is 4.74 Å². The molecule has 0 heterocycles. The number of esters is 1. The van der Waals surface area contributed by atoms with Crippen molar-refractivity contribution in [1.29, 1.82) is 0 Å². The van der Waals surface area contributed by atoms with E-state index >= 15 is 0 Å². The van der Waals surface area contributed by atoms with Gasteiger partial charge in [0.2, 0.25) is 5.91 Å². The summed E-state index contributed by atoms with van der Waals surface area (Å²) in [6, 6.07) is 9.39. The molecule has 0 radical (unpaired) electrons. The zero-order valence-electron chi connectivity index (χ0n) is 15.2. The molecule has 0 aliphatic carbocycles. The van der Waals surface area contributed by atoms with Crippen molar-refractivity contribution in [2.75, 3.05) is 23.0 Å². The smallest absolute Gasteiger partial charge is 0.319 e. The third-order valence-electron chi connectivity index (χ3n) is 3.48. The maximum absolute atomic E-state index is 13.7. The minimum Gasteiger partial charge on any atom is -0.455 e. The molecule has 0 aliphatic rings.